The minimum absolute atomic E-state index is 0.0732. The third-order valence-electron chi connectivity index (χ3n) is 2.50. The lowest BCUT2D eigenvalue weighted by Gasteiger charge is -2.24. The van der Waals surface area contributed by atoms with Crippen LogP contribution in [0.15, 0.2) is 0 Å². The quantitative estimate of drug-likeness (QED) is 0.640. The van der Waals surface area contributed by atoms with Crippen LogP contribution in [-0.4, -0.2) is 41.3 Å². The molecular weight excluding hydrogens is 236 g/mol. The van der Waals surface area contributed by atoms with Gasteiger partial charge in [-0.05, 0) is 27.7 Å². The Kier molecular flexibility index (Phi) is 6.28. The number of ether oxygens (including phenoxy) is 1. The van der Waals surface area contributed by atoms with Crippen LogP contribution in [0.1, 0.15) is 34.6 Å². The number of nitrogens with two attached hydrogens (primary N) is 1. The topological polar surface area (TPSA) is 102 Å². The van der Waals surface area contributed by atoms with Crippen molar-refractivity contribution in [2.75, 3.05) is 6.61 Å². The summed E-state index contributed by atoms with van der Waals surface area (Å²) >= 11 is 0. The molecule has 6 heteroatoms. The highest BCUT2D eigenvalue weighted by atomic mass is 16.5. The Balaban J connectivity index is 4.46. The van der Waals surface area contributed by atoms with Crippen molar-refractivity contribution in [1.29, 1.82) is 0 Å². The number of carbonyl (C=O) groups is 2. The van der Waals surface area contributed by atoms with E-state index in [-0.39, 0.29) is 18.6 Å². The minimum atomic E-state index is -1.12. The smallest absolute Gasteiger partial charge is 0.328 e. The number of carbonyl (C=O) groups excluding carboxylic acids is 1. The first-order valence-corrected chi connectivity index (χ1v) is 5.97. The standard InChI is InChI=1S/C12H24N2O4/c1-7(8(2)13)10(15)14-9(11(16)17)6-18-12(3,4)5/h7-9H,6,13H2,1-5H3,(H,14,15)(H,16,17)/t7?,8?,9-/m0/s1. The van der Waals surface area contributed by atoms with Crippen molar-refractivity contribution < 1.29 is 19.4 Å². The van der Waals surface area contributed by atoms with E-state index in [1.54, 1.807) is 13.8 Å². The molecular formula is C12H24N2O4. The molecule has 106 valence electrons. The molecule has 0 radical (unpaired) electrons. The lowest BCUT2D eigenvalue weighted by atomic mass is 10.0. The zero-order valence-electron chi connectivity index (χ0n) is 11.7. The summed E-state index contributed by atoms with van der Waals surface area (Å²) in [5.74, 6) is -1.94. The van der Waals surface area contributed by atoms with Crippen LogP contribution in [0.4, 0.5) is 0 Å². The van der Waals surface area contributed by atoms with Crippen LogP contribution in [0.3, 0.4) is 0 Å². The SMILES string of the molecule is CC(N)C(C)C(=O)N[C@@H](COC(C)(C)C)C(=O)O. The van der Waals surface area contributed by atoms with Gasteiger partial charge in [-0.25, -0.2) is 4.79 Å². The second kappa shape index (κ2) is 6.70. The van der Waals surface area contributed by atoms with Gasteiger partial charge in [-0.1, -0.05) is 6.92 Å². The molecule has 0 aromatic carbocycles. The second-order valence-electron chi connectivity index (χ2n) is 5.47. The molecule has 0 rings (SSSR count). The van der Waals surface area contributed by atoms with E-state index in [1.165, 1.54) is 0 Å². The fourth-order valence-corrected chi connectivity index (χ4v) is 1.05. The third-order valence-corrected chi connectivity index (χ3v) is 2.50. The molecule has 0 aliphatic heterocycles. The molecule has 0 aliphatic rings. The van der Waals surface area contributed by atoms with Gasteiger partial charge in [0.1, 0.15) is 0 Å². The number of carboxylic acid groups (broad SMARTS) is 1. The molecule has 2 unspecified atom stereocenters. The van der Waals surface area contributed by atoms with Crippen LogP contribution in [0.25, 0.3) is 0 Å². The van der Waals surface area contributed by atoms with Crippen molar-refractivity contribution in [2.45, 2.75) is 52.3 Å². The summed E-state index contributed by atoms with van der Waals surface area (Å²) in [7, 11) is 0. The maximum atomic E-state index is 11.7. The Labute approximate surface area is 108 Å². The van der Waals surface area contributed by atoms with Gasteiger partial charge in [0, 0.05) is 12.0 Å². The molecule has 0 saturated carbocycles. The van der Waals surface area contributed by atoms with Crippen molar-refractivity contribution in [2.24, 2.45) is 11.7 Å². The van der Waals surface area contributed by atoms with Crippen molar-refractivity contribution in [1.82, 2.24) is 5.32 Å². The minimum Gasteiger partial charge on any atom is -0.480 e. The molecule has 18 heavy (non-hydrogen) atoms. The number of carboxylic acids is 1. The largest absolute Gasteiger partial charge is 0.480 e. The highest BCUT2D eigenvalue weighted by Crippen LogP contribution is 2.08. The number of hydrogen-bond donors (Lipinski definition) is 3. The van der Waals surface area contributed by atoms with E-state index < -0.39 is 23.5 Å². The van der Waals surface area contributed by atoms with Gasteiger partial charge >= 0.3 is 5.97 Å². The molecule has 6 nitrogen and oxygen atoms in total. The van der Waals surface area contributed by atoms with E-state index in [9.17, 15) is 9.59 Å². The van der Waals surface area contributed by atoms with Crippen LogP contribution in [0, 0.1) is 5.92 Å². The number of rotatable bonds is 6. The number of hydrogen-bond acceptors (Lipinski definition) is 4. The Hall–Kier alpha value is -1.14. The average molecular weight is 260 g/mol. The Bertz CT molecular complexity index is 297. The van der Waals surface area contributed by atoms with Gasteiger partial charge in [-0.15, -0.1) is 0 Å². The van der Waals surface area contributed by atoms with Gasteiger partial charge in [0.2, 0.25) is 5.91 Å². The van der Waals surface area contributed by atoms with E-state index in [2.05, 4.69) is 5.32 Å². The molecule has 0 heterocycles. The van der Waals surface area contributed by atoms with E-state index >= 15 is 0 Å². The predicted octanol–water partition coefficient (Wildman–Crippen LogP) is 0.354. The van der Waals surface area contributed by atoms with Gasteiger partial charge in [0.25, 0.3) is 0 Å². The molecule has 0 fully saturated rings. The number of aliphatic carboxylic acids is 1. The summed E-state index contributed by atoms with van der Waals surface area (Å²) in [6.07, 6.45) is 0. The summed E-state index contributed by atoms with van der Waals surface area (Å²) in [6, 6.07) is -1.39. The summed E-state index contributed by atoms with van der Waals surface area (Å²) in [5, 5.41) is 11.4. The molecule has 3 atom stereocenters. The summed E-state index contributed by atoms with van der Waals surface area (Å²) in [6.45, 7) is 8.74. The predicted molar refractivity (Wildman–Crippen MR) is 68.1 cm³/mol. The average Bonchev–Trinajstić information content (AvgIpc) is 2.20. The maximum Gasteiger partial charge on any atom is 0.328 e. The molecule has 0 spiro atoms. The van der Waals surface area contributed by atoms with Gasteiger partial charge in [0.05, 0.1) is 12.2 Å². The number of amides is 1. The fraction of sp³-hybridized carbons (Fsp3) is 0.833. The van der Waals surface area contributed by atoms with Crippen LogP contribution in [0.2, 0.25) is 0 Å². The monoisotopic (exact) mass is 260 g/mol. The zero-order chi connectivity index (χ0) is 14.5. The molecule has 4 N–H and O–H groups in total. The summed E-state index contributed by atoms with van der Waals surface area (Å²) < 4.78 is 5.37. The fourth-order valence-electron chi connectivity index (χ4n) is 1.05. The van der Waals surface area contributed by atoms with Crippen molar-refractivity contribution in [3.8, 4) is 0 Å². The van der Waals surface area contributed by atoms with Crippen molar-refractivity contribution in [3.63, 3.8) is 0 Å². The van der Waals surface area contributed by atoms with E-state index in [0.29, 0.717) is 0 Å². The van der Waals surface area contributed by atoms with Crippen LogP contribution < -0.4 is 11.1 Å². The first-order valence-electron chi connectivity index (χ1n) is 5.97. The van der Waals surface area contributed by atoms with Gasteiger partial charge in [0.15, 0.2) is 6.04 Å². The first-order chi connectivity index (χ1) is 8.04. The van der Waals surface area contributed by atoms with Crippen LogP contribution in [0.5, 0.6) is 0 Å². The Morgan fingerprint density at radius 1 is 1.33 bits per heavy atom. The normalized spacial score (nSPS) is 16.8. The number of nitrogens with one attached hydrogen (secondary N) is 1. The van der Waals surface area contributed by atoms with Crippen LogP contribution in [-0.2, 0) is 14.3 Å². The molecule has 0 saturated heterocycles. The Morgan fingerprint density at radius 3 is 2.17 bits per heavy atom. The van der Waals surface area contributed by atoms with E-state index in [1.807, 2.05) is 20.8 Å². The maximum absolute atomic E-state index is 11.7. The van der Waals surface area contributed by atoms with E-state index in [4.69, 9.17) is 15.6 Å². The third kappa shape index (κ3) is 6.56. The van der Waals surface area contributed by atoms with Crippen molar-refractivity contribution in [3.05, 3.63) is 0 Å². The zero-order valence-corrected chi connectivity index (χ0v) is 11.7. The van der Waals surface area contributed by atoms with Crippen LogP contribution >= 0.6 is 0 Å². The molecule has 0 aromatic heterocycles. The highest BCUT2D eigenvalue weighted by molar-refractivity contribution is 5.85. The summed E-state index contributed by atoms with van der Waals surface area (Å²) in [4.78, 5) is 22.7. The van der Waals surface area contributed by atoms with E-state index in [0.717, 1.165) is 0 Å². The van der Waals surface area contributed by atoms with Gasteiger partial charge < -0.3 is 20.9 Å². The lowest BCUT2D eigenvalue weighted by Crippen LogP contribution is -2.49. The van der Waals surface area contributed by atoms with Crippen molar-refractivity contribution >= 4 is 11.9 Å². The lowest BCUT2D eigenvalue weighted by molar-refractivity contribution is -0.146. The van der Waals surface area contributed by atoms with Gasteiger partial charge in [-0.2, -0.15) is 0 Å². The first kappa shape index (κ1) is 16.9. The molecule has 0 aromatic rings. The molecule has 0 bridgehead atoms. The van der Waals surface area contributed by atoms with Gasteiger partial charge in [-0.3, -0.25) is 4.79 Å². The second-order valence-corrected chi connectivity index (χ2v) is 5.47. The molecule has 1 amide bonds. The Morgan fingerprint density at radius 2 is 1.83 bits per heavy atom. The highest BCUT2D eigenvalue weighted by Gasteiger charge is 2.26. The molecule has 0 aliphatic carbocycles. The summed E-state index contributed by atoms with van der Waals surface area (Å²) in [5.41, 5.74) is 5.14.